The first kappa shape index (κ1) is 14.0. The summed E-state index contributed by atoms with van der Waals surface area (Å²) in [6.45, 7) is 5.52. The van der Waals surface area contributed by atoms with Crippen LogP contribution in [-0.4, -0.2) is 37.0 Å². The summed E-state index contributed by atoms with van der Waals surface area (Å²) < 4.78 is 0.992. The average molecular weight is 338 g/mol. The van der Waals surface area contributed by atoms with E-state index in [4.69, 9.17) is 5.73 Å². The summed E-state index contributed by atoms with van der Waals surface area (Å²) in [6.07, 6.45) is 0. The summed E-state index contributed by atoms with van der Waals surface area (Å²) in [4.78, 5) is 14.7. The molecule has 2 aliphatic rings. The zero-order chi connectivity index (χ0) is 14.3. The van der Waals surface area contributed by atoms with E-state index in [0.29, 0.717) is 11.8 Å². The predicted octanol–water partition coefficient (Wildman–Crippen LogP) is 1.30. The molecule has 108 valence electrons. The Bertz CT molecular complexity index is 502. The number of amides is 1. The molecule has 2 heterocycles. The molecule has 1 aromatic carbocycles. The van der Waals surface area contributed by atoms with Crippen molar-refractivity contribution in [2.75, 3.05) is 26.2 Å². The van der Waals surface area contributed by atoms with E-state index in [-0.39, 0.29) is 5.91 Å². The van der Waals surface area contributed by atoms with E-state index in [1.807, 2.05) is 36.1 Å². The summed E-state index contributed by atoms with van der Waals surface area (Å²) in [7, 11) is 0. The fourth-order valence-electron chi connectivity index (χ4n) is 3.27. The summed E-state index contributed by atoms with van der Waals surface area (Å²) in [5.41, 5.74) is 6.25. The molecule has 0 spiro atoms. The second-order valence-corrected chi connectivity index (χ2v) is 7.01. The number of nitrogens with two attached hydrogens (primary N) is 1. The van der Waals surface area contributed by atoms with Crippen molar-refractivity contribution < 1.29 is 4.79 Å². The van der Waals surface area contributed by atoms with E-state index >= 15 is 0 Å². The number of fused-ring (bicyclic) bond motifs is 1. The molecule has 0 aliphatic carbocycles. The van der Waals surface area contributed by atoms with Gasteiger partial charge in [-0.05, 0) is 36.5 Å². The minimum atomic E-state index is -0.952. The van der Waals surface area contributed by atoms with Crippen molar-refractivity contribution in [3.8, 4) is 0 Å². The molecule has 0 radical (unpaired) electrons. The maximum absolute atomic E-state index is 12.8. The van der Waals surface area contributed by atoms with E-state index in [1.54, 1.807) is 0 Å². The Morgan fingerprint density at radius 3 is 2.40 bits per heavy atom. The molecule has 3 N–H and O–H groups in total. The van der Waals surface area contributed by atoms with Gasteiger partial charge in [-0.2, -0.15) is 0 Å². The maximum atomic E-state index is 12.8. The quantitative estimate of drug-likeness (QED) is 0.855. The van der Waals surface area contributed by atoms with Gasteiger partial charge in [0.15, 0.2) is 0 Å². The van der Waals surface area contributed by atoms with Crippen LogP contribution in [0.25, 0.3) is 0 Å². The number of nitrogens with zero attached hydrogens (tertiary/aromatic N) is 1. The number of hydrogen-bond acceptors (Lipinski definition) is 3. The predicted molar refractivity (Wildman–Crippen MR) is 82.1 cm³/mol. The Morgan fingerprint density at radius 2 is 1.85 bits per heavy atom. The van der Waals surface area contributed by atoms with Gasteiger partial charge in [-0.15, -0.1) is 0 Å². The van der Waals surface area contributed by atoms with Gasteiger partial charge in [0.05, 0.1) is 0 Å². The summed E-state index contributed by atoms with van der Waals surface area (Å²) in [5.74, 6) is 1.23. The topological polar surface area (TPSA) is 58.4 Å². The normalized spacial score (nSPS) is 28.2. The molecule has 0 saturated carbocycles. The van der Waals surface area contributed by atoms with Crippen molar-refractivity contribution in [3.63, 3.8) is 0 Å². The van der Waals surface area contributed by atoms with Crippen LogP contribution in [0.2, 0.25) is 0 Å². The first-order valence-corrected chi connectivity index (χ1v) is 7.83. The lowest BCUT2D eigenvalue weighted by Gasteiger charge is -2.30. The molecule has 0 bridgehead atoms. The number of benzene rings is 1. The Balaban J connectivity index is 1.77. The van der Waals surface area contributed by atoms with Crippen LogP contribution in [0.3, 0.4) is 0 Å². The molecule has 1 aromatic rings. The Labute approximate surface area is 127 Å². The van der Waals surface area contributed by atoms with Crippen LogP contribution < -0.4 is 11.1 Å². The highest BCUT2D eigenvalue weighted by atomic mass is 79.9. The van der Waals surface area contributed by atoms with Gasteiger partial charge in [-0.1, -0.05) is 28.1 Å². The number of rotatable bonds is 2. The summed E-state index contributed by atoms with van der Waals surface area (Å²) in [6, 6.07) is 7.69. The zero-order valence-corrected chi connectivity index (χ0v) is 13.2. The van der Waals surface area contributed by atoms with E-state index in [1.165, 1.54) is 0 Å². The monoisotopic (exact) mass is 337 g/mol. The van der Waals surface area contributed by atoms with Crippen LogP contribution >= 0.6 is 15.9 Å². The Morgan fingerprint density at radius 1 is 1.30 bits per heavy atom. The van der Waals surface area contributed by atoms with E-state index in [0.717, 1.165) is 36.2 Å². The molecule has 3 atom stereocenters. The van der Waals surface area contributed by atoms with Crippen molar-refractivity contribution in [1.82, 2.24) is 10.2 Å². The van der Waals surface area contributed by atoms with Crippen molar-refractivity contribution in [3.05, 3.63) is 34.3 Å². The third-order valence-electron chi connectivity index (χ3n) is 4.56. The fraction of sp³-hybridized carbons (Fsp3) is 0.533. The van der Waals surface area contributed by atoms with Gasteiger partial charge < -0.3 is 16.0 Å². The number of halogens is 1. The Kier molecular flexibility index (Phi) is 3.60. The zero-order valence-electron chi connectivity index (χ0n) is 11.6. The van der Waals surface area contributed by atoms with Crippen molar-refractivity contribution >= 4 is 21.8 Å². The van der Waals surface area contributed by atoms with Gasteiger partial charge in [0.25, 0.3) is 0 Å². The molecule has 4 nitrogen and oxygen atoms in total. The number of carbonyl (C=O) groups excluding carboxylic acids is 1. The SMILES string of the molecule is CC(N)(C(=O)N1C[C@H]2CNC[C@H]2C1)c1ccc(Br)cc1. The fourth-order valence-corrected chi connectivity index (χ4v) is 3.53. The first-order chi connectivity index (χ1) is 9.48. The number of likely N-dealkylation sites (tertiary alicyclic amines) is 1. The molecule has 1 amide bonds. The average Bonchev–Trinajstić information content (AvgIpc) is 2.99. The van der Waals surface area contributed by atoms with E-state index in [9.17, 15) is 4.79 Å². The molecule has 1 unspecified atom stereocenters. The smallest absolute Gasteiger partial charge is 0.246 e. The van der Waals surface area contributed by atoms with E-state index in [2.05, 4.69) is 21.2 Å². The molecule has 2 fully saturated rings. The third-order valence-corrected chi connectivity index (χ3v) is 5.09. The van der Waals surface area contributed by atoms with E-state index < -0.39 is 5.54 Å². The third kappa shape index (κ3) is 2.38. The van der Waals surface area contributed by atoms with Crippen LogP contribution in [-0.2, 0) is 10.3 Å². The highest BCUT2D eigenvalue weighted by Gasteiger charge is 2.43. The number of carbonyl (C=O) groups is 1. The standard InChI is InChI=1S/C15H20BrN3O/c1-15(17,12-2-4-13(16)5-3-12)14(20)19-8-10-6-18-7-11(10)9-19/h2-5,10-11,18H,6-9,17H2,1H3/t10-,11+,15?. The molecular weight excluding hydrogens is 318 g/mol. The first-order valence-electron chi connectivity index (χ1n) is 7.03. The van der Waals surface area contributed by atoms with Crippen LogP contribution in [0.4, 0.5) is 0 Å². The largest absolute Gasteiger partial charge is 0.340 e. The van der Waals surface area contributed by atoms with Gasteiger partial charge in [0.2, 0.25) is 5.91 Å². The van der Waals surface area contributed by atoms with Gasteiger partial charge >= 0.3 is 0 Å². The molecule has 5 heteroatoms. The van der Waals surface area contributed by atoms with Crippen molar-refractivity contribution in [2.45, 2.75) is 12.5 Å². The molecule has 20 heavy (non-hydrogen) atoms. The van der Waals surface area contributed by atoms with Crippen molar-refractivity contribution in [2.24, 2.45) is 17.6 Å². The molecule has 3 rings (SSSR count). The highest BCUT2D eigenvalue weighted by molar-refractivity contribution is 9.10. The summed E-state index contributed by atoms with van der Waals surface area (Å²) >= 11 is 3.41. The van der Waals surface area contributed by atoms with Crippen LogP contribution in [0, 0.1) is 11.8 Å². The minimum absolute atomic E-state index is 0.0363. The highest BCUT2D eigenvalue weighted by Crippen LogP contribution is 2.30. The Hall–Kier alpha value is -0.910. The molecule has 0 aromatic heterocycles. The molecule has 2 saturated heterocycles. The van der Waals surface area contributed by atoms with Gasteiger partial charge in [0.1, 0.15) is 5.54 Å². The molecule has 2 aliphatic heterocycles. The lowest BCUT2D eigenvalue weighted by atomic mass is 9.91. The van der Waals surface area contributed by atoms with Crippen LogP contribution in [0.15, 0.2) is 28.7 Å². The van der Waals surface area contributed by atoms with Gasteiger partial charge in [-0.25, -0.2) is 0 Å². The minimum Gasteiger partial charge on any atom is -0.340 e. The lowest BCUT2D eigenvalue weighted by Crippen LogP contribution is -2.50. The van der Waals surface area contributed by atoms with Gasteiger partial charge in [-0.3, -0.25) is 4.79 Å². The van der Waals surface area contributed by atoms with Crippen LogP contribution in [0.5, 0.6) is 0 Å². The number of nitrogens with one attached hydrogen (secondary N) is 1. The maximum Gasteiger partial charge on any atom is 0.246 e. The van der Waals surface area contributed by atoms with Gasteiger partial charge in [0, 0.05) is 30.7 Å². The summed E-state index contributed by atoms with van der Waals surface area (Å²) in [5, 5.41) is 3.39. The van der Waals surface area contributed by atoms with Crippen LogP contribution in [0.1, 0.15) is 12.5 Å². The number of hydrogen-bond donors (Lipinski definition) is 2. The van der Waals surface area contributed by atoms with Crippen molar-refractivity contribution in [1.29, 1.82) is 0 Å². The molecular formula is C15H20BrN3O. The second-order valence-electron chi connectivity index (χ2n) is 6.10. The second kappa shape index (κ2) is 5.13. The lowest BCUT2D eigenvalue weighted by molar-refractivity contribution is -0.136.